The summed E-state index contributed by atoms with van der Waals surface area (Å²) in [7, 11) is 2.50. The number of esters is 2. The molecule has 6 nitrogen and oxygen atoms in total. The number of carbonyl (C=O) groups is 2. The zero-order valence-electron chi connectivity index (χ0n) is 8.86. The summed E-state index contributed by atoms with van der Waals surface area (Å²) in [6.07, 6.45) is 0.217. The van der Waals surface area contributed by atoms with Gasteiger partial charge < -0.3 is 14.6 Å². The molecular formula is C9H15NO5. The highest BCUT2D eigenvalue weighted by molar-refractivity contribution is 6.36. The minimum absolute atomic E-state index is 0.0653. The number of rotatable bonds is 6. The van der Waals surface area contributed by atoms with Crippen molar-refractivity contribution in [1.29, 1.82) is 0 Å². The minimum atomic E-state index is -0.590. The Balaban J connectivity index is 4.25. The predicted molar refractivity (Wildman–Crippen MR) is 52.7 cm³/mol. The number of nitrogens with zero attached hydrogens (tertiary/aromatic N) is 1. The minimum Gasteiger partial charge on any atom is -0.469 e. The number of hydrogen-bond acceptors (Lipinski definition) is 6. The van der Waals surface area contributed by atoms with Crippen molar-refractivity contribution < 1.29 is 24.2 Å². The molecule has 0 aliphatic heterocycles. The van der Waals surface area contributed by atoms with E-state index < -0.39 is 11.9 Å². The van der Waals surface area contributed by atoms with Crippen LogP contribution in [-0.4, -0.2) is 50.1 Å². The molecule has 0 bridgehead atoms. The van der Waals surface area contributed by atoms with E-state index in [1.807, 2.05) is 0 Å². The molecule has 0 spiro atoms. The van der Waals surface area contributed by atoms with E-state index in [1.54, 1.807) is 0 Å². The molecule has 0 rings (SSSR count). The van der Waals surface area contributed by atoms with Crippen LogP contribution >= 0.6 is 0 Å². The normalized spacial score (nSPS) is 11.0. The fourth-order valence-corrected chi connectivity index (χ4v) is 0.871. The van der Waals surface area contributed by atoms with Gasteiger partial charge in [0.25, 0.3) is 0 Å². The first kappa shape index (κ1) is 13.6. The summed E-state index contributed by atoms with van der Waals surface area (Å²) in [5.41, 5.74) is 0.136. The molecule has 0 saturated carbocycles. The van der Waals surface area contributed by atoms with E-state index in [9.17, 15) is 9.59 Å². The van der Waals surface area contributed by atoms with Crippen LogP contribution in [0.5, 0.6) is 0 Å². The van der Waals surface area contributed by atoms with Crippen molar-refractivity contribution in [3.8, 4) is 0 Å². The van der Waals surface area contributed by atoms with Gasteiger partial charge in [0.15, 0.2) is 0 Å². The van der Waals surface area contributed by atoms with Crippen molar-refractivity contribution >= 4 is 17.7 Å². The van der Waals surface area contributed by atoms with E-state index in [-0.39, 0.29) is 31.7 Å². The molecule has 15 heavy (non-hydrogen) atoms. The number of carbonyl (C=O) groups excluding carboxylic acids is 2. The maximum Gasteiger partial charge on any atom is 0.351 e. The molecule has 1 N–H and O–H groups in total. The zero-order valence-corrected chi connectivity index (χ0v) is 8.86. The monoisotopic (exact) mass is 217 g/mol. The van der Waals surface area contributed by atoms with Crippen LogP contribution in [0.1, 0.15) is 12.8 Å². The summed E-state index contributed by atoms with van der Waals surface area (Å²) >= 11 is 0. The Labute approximate surface area is 87.9 Å². The number of aliphatic hydroxyl groups excluding tert-OH is 1. The Morgan fingerprint density at radius 2 is 1.87 bits per heavy atom. The lowest BCUT2D eigenvalue weighted by atomic mass is 10.2. The summed E-state index contributed by atoms with van der Waals surface area (Å²) in [5.74, 6) is -1.01. The molecule has 0 aliphatic rings. The van der Waals surface area contributed by atoms with Crippen LogP contribution in [0.25, 0.3) is 0 Å². The summed E-state index contributed by atoms with van der Waals surface area (Å²) in [6, 6.07) is 0. The number of methoxy groups -OCH3 is 2. The summed E-state index contributed by atoms with van der Waals surface area (Å²) in [6.45, 7) is -0.0374. The maximum absolute atomic E-state index is 11.1. The zero-order chi connectivity index (χ0) is 11.7. The number of aliphatic imine (C=N–C) groups is 1. The van der Waals surface area contributed by atoms with Crippen molar-refractivity contribution in [2.45, 2.75) is 12.8 Å². The van der Waals surface area contributed by atoms with E-state index >= 15 is 0 Å². The van der Waals surface area contributed by atoms with Crippen LogP contribution in [-0.2, 0) is 19.1 Å². The van der Waals surface area contributed by atoms with Gasteiger partial charge >= 0.3 is 11.9 Å². The van der Waals surface area contributed by atoms with Gasteiger partial charge in [-0.15, -0.1) is 0 Å². The van der Waals surface area contributed by atoms with Gasteiger partial charge in [0.05, 0.1) is 33.8 Å². The van der Waals surface area contributed by atoms with Gasteiger partial charge in [-0.2, -0.15) is 0 Å². The smallest absolute Gasteiger partial charge is 0.351 e. The molecule has 0 aromatic heterocycles. The first-order chi connectivity index (χ1) is 7.15. The van der Waals surface area contributed by atoms with Crippen LogP contribution in [0, 0.1) is 0 Å². The van der Waals surface area contributed by atoms with E-state index in [2.05, 4.69) is 14.5 Å². The van der Waals surface area contributed by atoms with Gasteiger partial charge in [0.1, 0.15) is 5.71 Å². The highest BCUT2D eigenvalue weighted by Crippen LogP contribution is 1.98. The van der Waals surface area contributed by atoms with Gasteiger partial charge in [0.2, 0.25) is 0 Å². The first-order valence-electron chi connectivity index (χ1n) is 4.45. The molecule has 0 unspecified atom stereocenters. The van der Waals surface area contributed by atoms with Crippen molar-refractivity contribution in [2.75, 3.05) is 27.4 Å². The SMILES string of the molecule is COC(=O)CCC(=NCCO)C(=O)OC. The highest BCUT2D eigenvalue weighted by Gasteiger charge is 2.13. The Morgan fingerprint density at radius 1 is 1.20 bits per heavy atom. The van der Waals surface area contributed by atoms with Crippen LogP contribution in [0.2, 0.25) is 0 Å². The first-order valence-corrected chi connectivity index (χ1v) is 4.45. The average Bonchev–Trinajstić information content (AvgIpc) is 2.27. The van der Waals surface area contributed by atoms with Gasteiger partial charge in [-0.25, -0.2) is 4.79 Å². The van der Waals surface area contributed by atoms with E-state index in [1.165, 1.54) is 14.2 Å². The molecule has 6 heteroatoms. The van der Waals surface area contributed by atoms with Gasteiger partial charge in [-0.3, -0.25) is 9.79 Å². The average molecular weight is 217 g/mol. The fourth-order valence-electron chi connectivity index (χ4n) is 0.871. The topological polar surface area (TPSA) is 85.2 Å². The molecule has 0 amide bonds. The van der Waals surface area contributed by atoms with E-state index in [0.29, 0.717) is 0 Å². The molecule has 0 saturated heterocycles. The Bertz CT molecular complexity index is 249. The molecule has 0 heterocycles. The molecule has 0 aliphatic carbocycles. The maximum atomic E-state index is 11.1. The standard InChI is InChI=1S/C9H15NO5/c1-14-8(12)4-3-7(9(13)15-2)10-5-6-11/h11H,3-6H2,1-2H3. The summed E-state index contributed by atoms with van der Waals surface area (Å²) in [4.78, 5) is 25.8. The predicted octanol–water partition coefficient (Wildman–Crippen LogP) is -0.454. The second-order valence-electron chi connectivity index (χ2n) is 2.62. The van der Waals surface area contributed by atoms with E-state index in [4.69, 9.17) is 5.11 Å². The van der Waals surface area contributed by atoms with Crippen LogP contribution < -0.4 is 0 Å². The van der Waals surface area contributed by atoms with Crippen molar-refractivity contribution in [3.05, 3.63) is 0 Å². The molecule has 0 aromatic carbocycles. The van der Waals surface area contributed by atoms with Crippen molar-refractivity contribution in [2.24, 2.45) is 4.99 Å². The Morgan fingerprint density at radius 3 is 2.33 bits per heavy atom. The largest absolute Gasteiger partial charge is 0.469 e. The molecule has 0 aromatic rings. The second kappa shape index (κ2) is 7.93. The lowest BCUT2D eigenvalue weighted by Gasteiger charge is -2.03. The summed E-state index contributed by atoms with van der Waals surface area (Å²) in [5, 5.41) is 8.54. The lowest BCUT2D eigenvalue weighted by Crippen LogP contribution is -2.18. The van der Waals surface area contributed by atoms with Crippen molar-refractivity contribution in [3.63, 3.8) is 0 Å². The Kier molecular flexibility index (Phi) is 7.17. The fraction of sp³-hybridized carbons (Fsp3) is 0.667. The van der Waals surface area contributed by atoms with Crippen LogP contribution in [0.15, 0.2) is 4.99 Å². The molecule has 0 atom stereocenters. The van der Waals surface area contributed by atoms with Crippen LogP contribution in [0.3, 0.4) is 0 Å². The molecule has 0 fully saturated rings. The lowest BCUT2D eigenvalue weighted by molar-refractivity contribution is -0.140. The van der Waals surface area contributed by atoms with Gasteiger partial charge in [0, 0.05) is 6.42 Å². The van der Waals surface area contributed by atoms with E-state index in [0.717, 1.165) is 0 Å². The second-order valence-corrected chi connectivity index (χ2v) is 2.62. The quantitative estimate of drug-likeness (QED) is 0.481. The van der Waals surface area contributed by atoms with Crippen LogP contribution in [0.4, 0.5) is 0 Å². The third-order valence-electron chi connectivity index (χ3n) is 1.62. The third-order valence-corrected chi connectivity index (χ3v) is 1.62. The van der Waals surface area contributed by atoms with Crippen molar-refractivity contribution in [1.82, 2.24) is 0 Å². The molecule has 0 radical (unpaired) electrons. The molecular weight excluding hydrogens is 202 g/mol. The van der Waals surface area contributed by atoms with Gasteiger partial charge in [-0.1, -0.05) is 0 Å². The number of hydrogen-bond donors (Lipinski definition) is 1. The number of aliphatic hydroxyl groups is 1. The van der Waals surface area contributed by atoms with Gasteiger partial charge in [-0.05, 0) is 0 Å². The third kappa shape index (κ3) is 5.79. The Hall–Kier alpha value is -1.43. The number of ether oxygens (including phenoxy) is 2. The molecule has 86 valence electrons. The summed E-state index contributed by atoms with van der Waals surface area (Å²) < 4.78 is 8.89. The highest BCUT2D eigenvalue weighted by atomic mass is 16.5.